The standard InChI is InChI=1S/C20H31N6O4PS/c1-18-2-4-19(5-3-18)30-20-21-22-23-31(32-20,24-6-12-27-13-7-24,25-8-14-28-15-9-25)26-10-16-29-17-11-26/h2-5H,6-17H2,1H3. The van der Waals surface area contributed by atoms with E-state index in [9.17, 15) is 0 Å². The topological polar surface area (TPSA) is 83.7 Å². The molecule has 4 aliphatic rings. The van der Waals surface area contributed by atoms with Gasteiger partial charge in [0, 0.05) is 0 Å². The Morgan fingerprint density at radius 2 is 1.25 bits per heavy atom. The molecule has 32 heavy (non-hydrogen) atoms. The van der Waals surface area contributed by atoms with Crippen LogP contribution < -0.4 is 4.74 Å². The van der Waals surface area contributed by atoms with Gasteiger partial charge in [0.15, 0.2) is 0 Å². The van der Waals surface area contributed by atoms with Crippen LogP contribution in [0.25, 0.3) is 0 Å². The fourth-order valence-corrected chi connectivity index (χ4v) is 13.5. The number of rotatable bonds is 4. The van der Waals surface area contributed by atoms with Crippen molar-refractivity contribution in [3.05, 3.63) is 29.8 Å². The van der Waals surface area contributed by atoms with Crippen molar-refractivity contribution in [2.45, 2.75) is 6.92 Å². The van der Waals surface area contributed by atoms with Gasteiger partial charge in [-0.2, -0.15) is 0 Å². The normalized spacial score (nSPS) is 28.4. The van der Waals surface area contributed by atoms with Gasteiger partial charge in [0.25, 0.3) is 0 Å². The molecule has 3 fully saturated rings. The fourth-order valence-electron chi connectivity index (χ4n) is 4.64. The van der Waals surface area contributed by atoms with Gasteiger partial charge < -0.3 is 0 Å². The van der Waals surface area contributed by atoms with E-state index in [1.165, 1.54) is 5.56 Å². The van der Waals surface area contributed by atoms with Gasteiger partial charge in [0.2, 0.25) is 0 Å². The molecule has 0 atom stereocenters. The molecule has 176 valence electrons. The molecule has 0 unspecified atom stereocenters. The van der Waals surface area contributed by atoms with Crippen LogP contribution in [0, 0.1) is 6.92 Å². The van der Waals surface area contributed by atoms with Crippen molar-refractivity contribution in [3.63, 3.8) is 0 Å². The maximum atomic E-state index is 6.28. The third-order valence-corrected chi connectivity index (χ3v) is 15.2. The first-order valence-electron chi connectivity index (χ1n) is 11.2. The Balaban J connectivity index is 1.57. The first-order chi connectivity index (χ1) is 15.7. The zero-order valence-electron chi connectivity index (χ0n) is 18.5. The molecule has 1 aromatic rings. The van der Waals surface area contributed by atoms with Gasteiger partial charge in [-0.3, -0.25) is 0 Å². The van der Waals surface area contributed by atoms with Crippen LogP contribution in [0.5, 0.6) is 5.75 Å². The Morgan fingerprint density at radius 3 is 1.72 bits per heavy atom. The van der Waals surface area contributed by atoms with E-state index in [1.54, 1.807) is 11.4 Å². The first kappa shape index (κ1) is 22.6. The summed E-state index contributed by atoms with van der Waals surface area (Å²) < 4.78 is 31.0. The van der Waals surface area contributed by atoms with E-state index in [-0.39, 0.29) is 0 Å². The Bertz CT molecular complexity index is 806. The van der Waals surface area contributed by atoms with Gasteiger partial charge in [-0.25, -0.2) is 0 Å². The predicted molar refractivity (Wildman–Crippen MR) is 126 cm³/mol. The second-order valence-electron chi connectivity index (χ2n) is 8.11. The molecule has 0 spiro atoms. The summed E-state index contributed by atoms with van der Waals surface area (Å²) in [6.45, 7) is 10.8. The molecule has 4 aliphatic heterocycles. The van der Waals surface area contributed by atoms with E-state index in [0.29, 0.717) is 44.9 Å². The van der Waals surface area contributed by atoms with Crippen LogP contribution in [0.4, 0.5) is 0 Å². The molecule has 10 nitrogen and oxygen atoms in total. The average molecular weight is 483 g/mol. The third-order valence-electron chi connectivity index (χ3n) is 6.24. The summed E-state index contributed by atoms with van der Waals surface area (Å²) in [7, 11) is 0. The predicted octanol–water partition coefficient (Wildman–Crippen LogP) is 2.97. The Labute approximate surface area is 192 Å². The summed E-state index contributed by atoms with van der Waals surface area (Å²) in [5.74, 6) is 0.751. The van der Waals surface area contributed by atoms with Crippen molar-refractivity contribution in [1.29, 1.82) is 0 Å². The first-order valence-corrected chi connectivity index (χ1v) is 14.6. The van der Waals surface area contributed by atoms with Crippen LogP contribution in [0.1, 0.15) is 5.56 Å². The molecule has 12 heteroatoms. The van der Waals surface area contributed by atoms with Crippen LogP contribution in [0.2, 0.25) is 0 Å². The van der Waals surface area contributed by atoms with Crippen molar-refractivity contribution in [1.82, 2.24) is 14.0 Å². The molecular formula is C20H31N6O4PS. The molecule has 0 aliphatic carbocycles. The summed E-state index contributed by atoms with van der Waals surface area (Å²) >= 11 is 1.65. The van der Waals surface area contributed by atoms with E-state index in [1.807, 2.05) is 24.3 Å². The Hall–Kier alpha value is -1.17. The van der Waals surface area contributed by atoms with E-state index >= 15 is 0 Å². The molecule has 0 radical (unpaired) electrons. The summed E-state index contributed by atoms with van der Waals surface area (Å²) in [5.41, 5.74) is 1.19. The van der Waals surface area contributed by atoms with Crippen molar-refractivity contribution in [3.8, 4) is 5.75 Å². The molecule has 1 aromatic carbocycles. The number of morpholine rings is 3. The van der Waals surface area contributed by atoms with Crippen molar-refractivity contribution < 1.29 is 18.9 Å². The van der Waals surface area contributed by atoms with E-state index in [4.69, 9.17) is 23.8 Å². The van der Waals surface area contributed by atoms with Gasteiger partial charge in [-0.05, 0) is 0 Å². The number of hydrogen-bond donors (Lipinski definition) is 0. The second-order valence-corrected chi connectivity index (χ2v) is 14.8. The number of hydrogen-bond acceptors (Lipinski definition) is 11. The SMILES string of the molecule is Cc1ccc(OC2=NN=NP(N3CCOCC3)(N3CCOCC3)(N3CCOCC3)S2)cc1. The molecule has 0 N–H and O–H groups in total. The van der Waals surface area contributed by atoms with Crippen LogP contribution in [-0.4, -0.2) is 98.2 Å². The zero-order valence-corrected chi connectivity index (χ0v) is 20.2. The second kappa shape index (κ2) is 9.60. The summed E-state index contributed by atoms with van der Waals surface area (Å²) in [4.78, 5) is 5.13. The van der Waals surface area contributed by atoms with Gasteiger partial charge in [0.1, 0.15) is 0 Å². The minimum atomic E-state index is -3.40. The monoisotopic (exact) mass is 482 g/mol. The number of aryl methyl sites for hydroxylation is 1. The van der Waals surface area contributed by atoms with Crippen molar-refractivity contribution in [2.75, 3.05) is 78.9 Å². The van der Waals surface area contributed by atoms with Crippen LogP contribution in [-0.2, 0) is 14.2 Å². The summed E-state index contributed by atoms with van der Waals surface area (Å²) in [5, 5.41) is 9.28. The minimum absolute atomic E-state index is 0.533. The number of nitrogens with zero attached hydrogens (tertiary/aromatic N) is 6. The third kappa shape index (κ3) is 3.99. The fraction of sp³-hybridized carbons (Fsp3) is 0.650. The molecule has 0 amide bonds. The van der Waals surface area contributed by atoms with Crippen LogP contribution >= 0.6 is 17.8 Å². The van der Waals surface area contributed by atoms with Crippen LogP contribution in [0.15, 0.2) is 39.5 Å². The Kier molecular flexibility index (Phi) is 6.78. The van der Waals surface area contributed by atoms with Gasteiger partial charge in [0.05, 0.1) is 0 Å². The Morgan fingerprint density at radius 1 is 0.781 bits per heavy atom. The zero-order chi connectivity index (χ0) is 21.9. The molecule has 4 heterocycles. The molecular weight excluding hydrogens is 451 g/mol. The number of benzene rings is 1. The van der Waals surface area contributed by atoms with E-state index < -0.39 is 6.41 Å². The average Bonchev–Trinajstić information content (AvgIpc) is 2.87. The van der Waals surface area contributed by atoms with Gasteiger partial charge >= 0.3 is 193 Å². The summed E-state index contributed by atoms with van der Waals surface area (Å²) in [6.07, 6.45) is -3.40. The summed E-state index contributed by atoms with van der Waals surface area (Å²) in [6, 6.07) is 8.02. The quantitative estimate of drug-likeness (QED) is 0.606. The van der Waals surface area contributed by atoms with Crippen LogP contribution in [0.3, 0.4) is 0 Å². The molecule has 0 saturated carbocycles. The molecule has 3 saturated heterocycles. The molecule has 0 aromatic heterocycles. The maximum absolute atomic E-state index is 6.28. The van der Waals surface area contributed by atoms with E-state index in [0.717, 1.165) is 45.0 Å². The van der Waals surface area contributed by atoms with Crippen molar-refractivity contribution in [2.24, 2.45) is 15.2 Å². The molecule has 5 rings (SSSR count). The van der Waals surface area contributed by atoms with Crippen molar-refractivity contribution >= 4 is 23.0 Å². The van der Waals surface area contributed by atoms with E-state index in [2.05, 4.69) is 31.3 Å². The number of ether oxygens (including phenoxy) is 4. The molecule has 0 bridgehead atoms. The van der Waals surface area contributed by atoms with Gasteiger partial charge in [-0.15, -0.1) is 0 Å². The van der Waals surface area contributed by atoms with Gasteiger partial charge in [-0.1, -0.05) is 0 Å².